The van der Waals surface area contributed by atoms with Gasteiger partial charge in [0.1, 0.15) is 17.9 Å². The third-order valence-corrected chi connectivity index (χ3v) is 7.49. The lowest BCUT2D eigenvalue weighted by molar-refractivity contribution is -0.217. The predicted molar refractivity (Wildman–Crippen MR) is 140 cm³/mol. The Labute approximate surface area is 232 Å². The van der Waals surface area contributed by atoms with E-state index in [4.69, 9.17) is 0 Å². The minimum absolute atomic E-state index is 0. The Kier molecular flexibility index (Phi) is 11.2. The molecule has 0 radical (unpaired) electrons. The van der Waals surface area contributed by atoms with Crippen LogP contribution in [-0.2, 0) is 20.9 Å². The average molecular weight is 580 g/mol. The van der Waals surface area contributed by atoms with Gasteiger partial charge in [0.15, 0.2) is 0 Å². The summed E-state index contributed by atoms with van der Waals surface area (Å²) in [6.07, 6.45) is -3.11. The normalized spacial score (nSPS) is 23.2. The van der Waals surface area contributed by atoms with Gasteiger partial charge < -0.3 is 20.9 Å². The summed E-state index contributed by atoms with van der Waals surface area (Å²) in [6, 6.07) is 2.84. The van der Waals surface area contributed by atoms with Crippen LogP contribution in [0.4, 0.5) is 17.6 Å². The number of amides is 3. The summed E-state index contributed by atoms with van der Waals surface area (Å²) in [4.78, 5) is 42.7. The molecule has 3 amide bonds. The van der Waals surface area contributed by atoms with Gasteiger partial charge in [0, 0.05) is 32.2 Å². The van der Waals surface area contributed by atoms with Crippen LogP contribution in [0.2, 0.25) is 0 Å². The molecule has 220 valence electrons. The van der Waals surface area contributed by atoms with Crippen LogP contribution in [0.15, 0.2) is 24.3 Å². The van der Waals surface area contributed by atoms with E-state index in [9.17, 15) is 31.9 Å². The summed E-state index contributed by atoms with van der Waals surface area (Å²) in [6.45, 7) is 3.85. The van der Waals surface area contributed by atoms with Crippen molar-refractivity contribution in [2.24, 2.45) is 5.41 Å². The zero-order valence-electron chi connectivity index (χ0n) is 22.6. The van der Waals surface area contributed by atoms with Gasteiger partial charge >= 0.3 is 6.18 Å². The first-order valence-corrected chi connectivity index (χ1v) is 12.8. The number of benzene rings is 1. The fourth-order valence-electron chi connectivity index (χ4n) is 4.93. The number of hydrogen-bond acceptors (Lipinski definition) is 5. The van der Waals surface area contributed by atoms with Crippen molar-refractivity contribution in [2.75, 3.05) is 26.7 Å². The third-order valence-electron chi connectivity index (χ3n) is 7.49. The number of alkyl halides is 3. The Bertz CT molecular complexity index is 1010. The highest BCUT2D eigenvalue weighted by Gasteiger charge is 2.50. The number of likely N-dealkylation sites (N-methyl/N-ethyl adjacent to an activating group) is 1. The van der Waals surface area contributed by atoms with Gasteiger partial charge in [-0.15, -0.1) is 12.4 Å². The molecule has 2 aliphatic heterocycles. The van der Waals surface area contributed by atoms with E-state index in [1.807, 2.05) is 0 Å². The highest BCUT2D eigenvalue weighted by Crippen LogP contribution is 2.39. The Morgan fingerprint density at radius 1 is 1.10 bits per heavy atom. The SMILES string of the molecule is CN[C@@H](C)C(=O)N[C@H]1CN(CC(C)(C)C(F)(F)F)CC[C@H]2CC[C@@H](C(=O)NCc3ccc(F)cc3)N2C1=O.Cl. The number of halogens is 5. The topological polar surface area (TPSA) is 93.8 Å². The van der Waals surface area contributed by atoms with Crippen LogP contribution >= 0.6 is 12.4 Å². The van der Waals surface area contributed by atoms with E-state index >= 15 is 0 Å². The van der Waals surface area contributed by atoms with Crippen LogP contribution < -0.4 is 16.0 Å². The molecule has 2 heterocycles. The third kappa shape index (κ3) is 8.04. The van der Waals surface area contributed by atoms with Crippen LogP contribution in [-0.4, -0.2) is 84.5 Å². The number of hydrogen-bond donors (Lipinski definition) is 3. The molecule has 2 fully saturated rings. The lowest BCUT2D eigenvalue weighted by Gasteiger charge is -2.41. The van der Waals surface area contributed by atoms with E-state index in [1.165, 1.54) is 17.0 Å². The molecule has 1 aromatic rings. The number of rotatable bonds is 8. The average Bonchev–Trinajstić information content (AvgIpc) is 3.27. The van der Waals surface area contributed by atoms with Gasteiger partial charge in [-0.25, -0.2) is 4.39 Å². The standard InChI is InChI=1S/C26H37F4N5O3.ClH/c1-16(31-4)22(36)33-20-14-34(15-25(2,3)26(28,29)30)12-11-19-9-10-21(35(19)24(20)38)23(37)32-13-17-5-7-18(27)8-6-17;/h5-8,16,19-21,31H,9-15H2,1-4H3,(H,32,37)(H,33,36);1H/t16-,19+,20-,21-;/m0./s1. The zero-order chi connectivity index (χ0) is 28.3. The van der Waals surface area contributed by atoms with Crippen molar-refractivity contribution in [1.82, 2.24) is 25.8 Å². The summed E-state index contributed by atoms with van der Waals surface area (Å²) in [5.41, 5.74) is -1.32. The molecule has 3 N–H and O–H groups in total. The second kappa shape index (κ2) is 13.3. The van der Waals surface area contributed by atoms with Crippen molar-refractivity contribution >= 4 is 30.1 Å². The maximum atomic E-state index is 13.8. The van der Waals surface area contributed by atoms with E-state index in [1.54, 1.807) is 31.0 Å². The monoisotopic (exact) mass is 579 g/mol. The van der Waals surface area contributed by atoms with Gasteiger partial charge in [-0.2, -0.15) is 13.2 Å². The number of carbonyl (C=O) groups is 3. The molecule has 13 heteroatoms. The molecule has 2 saturated heterocycles. The molecule has 0 aromatic heterocycles. The molecule has 4 atom stereocenters. The van der Waals surface area contributed by atoms with Crippen molar-refractivity contribution < 1.29 is 31.9 Å². The minimum atomic E-state index is -4.44. The summed E-state index contributed by atoms with van der Waals surface area (Å²) < 4.78 is 54.1. The van der Waals surface area contributed by atoms with Gasteiger partial charge in [-0.3, -0.25) is 19.3 Å². The molecule has 3 rings (SSSR count). The number of nitrogens with zero attached hydrogens (tertiary/aromatic N) is 2. The molecule has 0 aliphatic carbocycles. The first kappa shape index (κ1) is 32.8. The van der Waals surface area contributed by atoms with Crippen LogP contribution in [0, 0.1) is 11.2 Å². The van der Waals surface area contributed by atoms with Gasteiger partial charge in [0.05, 0.1) is 11.5 Å². The fourth-order valence-corrected chi connectivity index (χ4v) is 4.93. The van der Waals surface area contributed by atoms with Crippen molar-refractivity contribution in [1.29, 1.82) is 0 Å². The molecule has 0 spiro atoms. The number of fused-ring (bicyclic) bond motifs is 1. The largest absolute Gasteiger partial charge is 0.395 e. The Morgan fingerprint density at radius 2 is 1.74 bits per heavy atom. The van der Waals surface area contributed by atoms with E-state index in [-0.39, 0.29) is 50.5 Å². The second-order valence-electron chi connectivity index (χ2n) is 10.8. The summed E-state index contributed by atoms with van der Waals surface area (Å²) in [5, 5.41) is 8.28. The quantitative estimate of drug-likeness (QED) is 0.412. The summed E-state index contributed by atoms with van der Waals surface area (Å²) in [5.74, 6) is -1.71. The van der Waals surface area contributed by atoms with Gasteiger partial charge in [0.25, 0.3) is 0 Å². The first-order chi connectivity index (χ1) is 17.7. The van der Waals surface area contributed by atoms with Crippen molar-refractivity contribution in [3.8, 4) is 0 Å². The molecule has 2 aliphatic rings. The molecule has 1 aromatic carbocycles. The van der Waals surface area contributed by atoms with E-state index in [2.05, 4.69) is 16.0 Å². The summed E-state index contributed by atoms with van der Waals surface area (Å²) >= 11 is 0. The maximum absolute atomic E-state index is 13.8. The number of carbonyl (C=O) groups excluding carboxylic acids is 3. The van der Waals surface area contributed by atoms with Crippen molar-refractivity contribution in [2.45, 2.75) is 76.9 Å². The molecule has 0 saturated carbocycles. The Balaban J connectivity index is 0.00000533. The highest BCUT2D eigenvalue weighted by atomic mass is 35.5. The van der Waals surface area contributed by atoms with E-state index in [0.29, 0.717) is 24.8 Å². The minimum Gasteiger partial charge on any atom is -0.350 e. The first-order valence-electron chi connectivity index (χ1n) is 12.8. The number of nitrogens with one attached hydrogen (secondary N) is 3. The van der Waals surface area contributed by atoms with Gasteiger partial charge in [-0.1, -0.05) is 12.1 Å². The van der Waals surface area contributed by atoms with E-state index < -0.39 is 47.3 Å². The van der Waals surface area contributed by atoms with Gasteiger partial charge in [-0.05, 0) is 64.8 Å². The lowest BCUT2D eigenvalue weighted by atomic mass is 9.91. The lowest BCUT2D eigenvalue weighted by Crippen LogP contribution is -2.62. The molecule has 0 unspecified atom stereocenters. The van der Waals surface area contributed by atoms with E-state index in [0.717, 1.165) is 13.8 Å². The Morgan fingerprint density at radius 3 is 2.33 bits per heavy atom. The second-order valence-corrected chi connectivity index (χ2v) is 10.8. The molecule has 39 heavy (non-hydrogen) atoms. The highest BCUT2D eigenvalue weighted by molar-refractivity contribution is 5.94. The zero-order valence-corrected chi connectivity index (χ0v) is 23.4. The maximum Gasteiger partial charge on any atom is 0.395 e. The smallest absolute Gasteiger partial charge is 0.350 e. The molecule has 0 bridgehead atoms. The Hall–Kier alpha value is -2.44. The molecule has 8 nitrogen and oxygen atoms in total. The fraction of sp³-hybridized carbons (Fsp3) is 0.654. The predicted octanol–water partition coefficient (Wildman–Crippen LogP) is 2.61. The summed E-state index contributed by atoms with van der Waals surface area (Å²) in [7, 11) is 1.58. The molecular weight excluding hydrogens is 542 g/mol. The molecular formula is C26H38ClF4N5O3. The van der Waals surface area contributed by atoms with Crippen LogP contribution in [0.3, 0.4) is 0 Å². The van der Waals surface area contributed by atoms with Gasteiger partial charge in [0.2, 0.25) is 17.7 Å². The van der Waals surface area contributed by atoms with Crippen LogP contribution in [0.25, 0.3) is 0 Å². The van der Waals surface area contributed by atoms with Crippen molar-refractivity contribution in [3.63, 3.8) is 0 Å². The van der Waals surface area contributed by atoms with Crippen LogP contribution in [0.1, 0.15) is 45.6 Å². The van der Waals surface area contributed by atoms with Crippen LogP contribution in [0.5, 0.6) is 0 Å². The van der Waals surface area contributed by atoms with Crippen molar-refractivity contribution in [3.05, 3.63) is 35.6 Å².